The van der Waals surface area contributed by atoms with Gasteiger partial charge in [-0.25, -0.2) is 4.79 Å². The summed E-state index contributed by atoms with van der Waals surface area (Å²) in [7, 11) is 0. The van der Waals surface area contributed by atoms with Gasteiger partial charge >= 0.3 is 5.63 Å². The van der Waals surface area contributed by atoms with Crippen molar-refractivity contribution < 1.29 is 9.21 Å². The molecule has 2 aromatic rings. The molecule has 0 radical (unpaired) electrons. The molecule has 0 spiro atoms. The van der Waals surface area contributed by atoms with Gasteiger partial charge in [0.05, 0.1) is 5.56 Å². The third-order valence-electron chi connectivity index (χ3n) is 3.39. The minimum atomic E-state index is -0.441. The van der Waals surface area contributed by atoms with E-state index in [4.69, 9.17) is 4.42 Å². The van der Waals surface area contributed by atoms with E-state index in [0.717, 1.165) is 11.3 Å². The standard InChI is InChI=1S/C17H19NO3/c1-10(2)13-7-5-6-8-14(13)18-17(20)16-11(3)9-15(19)21-12(16)4/h5-10H,1-4H3,(H,18,20). The Bertz CT molecular complexity index is 703. The predicted octanol–water partition coefficient (Wildman–Crippen LogP) is 3.63. The zero-order valence-corrected chi connectivity index (χ0v) is 12.7. The molecule has 0 aliphatic heterocycles. The highest BCUT2D eigenvalue weighted by atomic mass is 16.4. The average molecular weight is 285 g/mol. The first-order chi connectivity index (χ1) is 9.90. The van der Waals surface area contributed by atoms with Crippen LogP contribution in [0.2, 0.25) is 0 Å². The van der Waals surface area contributed by atoms with Gasteiger partial charge in [0.25, 0.3) is 5.91 Å². The molecule has 1 amide bonds. The smallest absolute Gasteiger partial charge is 0.336 e. The van der Waals surface area contributed by atoms with Crippen LogP contribution in [-0.4, -0.2) is 5.91 Å². The first kappa shape index (κ1) is 15.0. The first-order valence-electron chi connectivity index (χ1n) is 6.91. The summed E-state index contributed by atoms with van der Waals surface area (Å²) < 4.78 is 5.01. The molecule has 1 heterocycles. The van der Waals surface area contributed by atoms with E-state index in [1.807, 2.05) is 24.3 Å². The lowest BCUT2D eigenvalue weighted by Crippen LogP contribution is -2.18. The van der Waals surface area contributed by atoms with Gasteiger partial charge in [-0.05, 0) is 37.0 Å². The highest BCUT2D eigenvalue weighted by molar-refractivity contribution is 6.06. The third-order valence-corrected chi connectivity index (χ3v) is 3.39. The minimum absolute atomic E-state index is 0.262. The lowest BCUT2D eigenvalue weighted by Gasteiger charge is -2.14. The maximum absolute atomic E-state index is 12.5. The molecule has 21 heavy (non-hydrogen) atoms. The molecule has 0 saturated heterocycles. The topological polar surface area (TPSA) is 59.3 Å². The number of carbonyl (C=O) groups is 1. The second-order valence-corrected chi connectivity index (χ2v) is 5.38. The van der Waals surface area contributed by atoms with Gasteiger partial charge in [0.2, 0.25) is 0 Å². The molecule has 0 saturated carbocycles. The monoisotopic (exact) mass is 285 g/mol. The van der Waals surface area contributed by atoms with E-state index in [-0.39, 0.29) is 5.91 Å². The number of carbonyl (C=O) groups excluding carboxylic acids is 1. The van der Waals surface area contributed by atoms with Crippen LogP contribution < -0.4 is 10.9 Å². The normalized spacial score (nSPS) is 10.7. The van der Waals surface area contributed by atoms with Crippen molar-refractivity contribution in [2.75, 3.05) is 5.32 Å². The molecule has 0 atom stereocenters. The number of rotatable bonds is 3. The number of benzene rings is 1. The Morgan fingerprint density at radius 3 is 2.48 bits per heavy atom. The number of nitrogens with one attached hydrogen (secondary N) is 1. The highest BCUT2D eigenvalue weighted by Crippen LogP contribution is 2.24. The van der Waals surface area contributed by atoms with Crippen molar-refractivity contribution in [1.29, 1.82) is 0 Å². The molecular formula is C17H19NO3. The Labute approximate surface area is 123 Å². The van der Waals surface area contributed by atoms with Crippen molar-refractivity contribution in [3.05, 3.63) is 63.2 Å². The summed E-state index contributed by atoms with van der Waals surface area (Å²) in [5, 5.41) is 2.91. The Morgan fingerprint density at radius 2 is 1.86 bits per heavy atom. The van der Waals surface area contributed by atoms with E-state index in [2.05, 4.69) is 19.2 Å². The number of aryl methyl sites for hydroxylation is 2. The molecule has 4 nitrogen and oxygen atoms in total. The fourth-order valence-corrected chi connectivity index (χ4v) is 2.40. The van der Waals surface area contributed by atoms with E-state index in [1.165, 1.54) is 6.07 Å². The largest absolute Gasteiger partial charge is 0.427 e. The van der Waals surface area contributed by atoms with Crippen molar-refractivity contribution in [3.63, 3.8) is 0 Å². The van der Waals surface area contributed by atoms with Gasteiger partial charge in [0.1, 0.15) is 5.76 Å². The summed E-state index contributed by atoms with van der Waals surface area (Å²) in [6.45, 7) is 7.50. The van der Waals surface area contributed by atoms with Crippen molar-refractivity contribution >= 4 is 11.6 Å². The zero-order valence-electron chi connectivity index (χ0n) is 12.7. The van der Waals surface area contributed by atoms with Crippen LogP contribution >= 0.6 is 0 Å². The van der Waals surface area contributed by atoms with Gasteiger partial charge in [0.15, 0.2) is 0 Å². The van der Waals surface area contributed by atoms with Gasteiger partial charge < -0.3 is 9.73 Å². The summed E-state index contributed by atoms with van der Waals surface area (Å²) >= 11 is 0. The number of hydrogen-bond donors (Lipinski definition) is 1. The Hall–Kier alpha value is -2.36. The van der Waals surface area contributed by atoms with Gasteiger partial charge in [-0.2, -0.15) is 0 Å². The van der Waals surface area contributed by atoms with Crippen LogP contribution in [0.15, 0.2) is 39.5 Å². The van der Waals surface area contributed by atoms with Crippen molar-refractivity contribution in [1.82, 2.24) is 0 Å². The van der Waals surface area contributed by atoms with Gasteiger partial charge in [-0.15, -0.1) is 0 Å². The Morgan fingerprint density at radius 1 is 1.19 bits per heavy atom. The van der Waals surface area contributed by atoms with Crippen LogP contribution in [-0.2, 0) is 0 Å². The SMILES string of the molecule is Cc1cc(=O)oc(C)c1C(=O)Nc1ccccc1C(C)C. The first-order valence-corrected chi connectivity index (χ1v) is 6.91. The molecule has 0 fully saturated rings. The summed E-state index contributed by atoms with van der Waals surface area (Å²) in [6.07, 6.45) is 0. The lowest BCUT2D eigenvalue weighted by molar-refractivity contribution is 0.102. The van der Waals surface area contributed by atoms with Crippen LogP contribution in [0, 0.1) is 13.8 Å². The molecule has 0 unspecified atom stereocenters. The zero-order chi connectivity index (χ0) is 15.6. The van der Waals surface area contributed by atoms with E-state index in [9.17, 15) is 9.59 Å². The molecule has 0 bridgehead atoms. The van der Waals surface area contributed by atoms with Crippen LogP contribution in [0.3, 0.4) is 0 Å². The molecule has 4 heteroatoms. The molecule has 1 N–H and O–H groups in total. The number of amides is 1. The van der Waals surface area contributed by atoms with Crippen LogP contribution in [0.1, 0.15) is 47.0 Å². The fraction of sp³-hybridized carbons (Fsp3) is 0.294. The van der Waals surface area contributed by atoms with E-state index >= 15 is 0 Å². The summed E-state index contributed by atoms with van der Waals surface area (Å²) in [6, 6.07) is 9.02. The quantitative estimate of drug-likeness (QED) is 0.936. The van der Waals surface area contributed by atoms with Crippen LogP contribution in [0.25, 0.3) is 0 Å². The highest BCUT2D eigenvalue weighted by Gasteiger charge is 2.17. The molecule has 1 aromatic carbocycles. The van der Waals surface area contributed by atoms with Crippen LogP contribution in [0.4, 0.5) is 5.69 Å². The molecule has 0 aliphatic carbocycles. The minimum Gasteiger partial charge on any atom is -0.427 e. The Kier molecular flexibility index (Phi) is 4.26. The second kappa shape index (κ2) is 5.95. The molecule has 110 valence electrons. The summed E-state index contributed by atoms with van der Waals surface area (Å²) in [5.41, 5.74) is 2.43. The summed E-state index contributed by atoms with van der Waals surface area (Å²) in [5.74, 6) is 0.374. The second-order valence-electron chi connectivity index (χ2n) is 5.38. The van der Waals surface area contributed by atoms with E-state index in [1.54, 1.807) is 13.8 Å². The number of para-hydroxylation sites is 1. The molecular weight excluding hydrogens is 266 g/mol. The summed E-state index contributed by atoms with van der Waals surface area (Å²) in [4.78, 5) is 23.8. The maximum Gasteiger partial charge on any atom is 0.336 e. The van der Waals surface area contributed by atoms with E-state index in [0.29, 0.717) is 22.8 Å². The van der Waals surface area contributed by atoms with Crippen LogP contribution in [0.5, 0.6) is 0 Å². The molecule has 1 aromatic heterocycles. The van der Waals surface area contributed by atoms with Crippen molar-refractivity contribution in [2.24, 2.45) is 0 Å². The maximum atomic E-state index is 12.5. The average Bonchev–Trinajstić information content (AvgIpc) is 2.37. The predicted molar refractivity (Wildman–Crippen MR) is 82.9 cm³/mol. The van der Waals surface area contributed by atoms with Gasteiger partial charge in [-0.1, -0.05) is 32.0 Å². The number of anilines is 1. The van der Waals surface area contributed by atoms with Gasteiger partial charge in [-0.3, -0.25) is 4.79 Å². The molecule has 0 aliphatic rings. The fourth-order valence-electron chi connectivity index (χ4n) is 2.40. The third kappa shape index (κ3) is 3.21. The number of hydrogen-bond acceptors (Lipinski definition) is 3. The molecule has 2 rings (SSSR count). The van der Waals surface area contributed by atoms with Crippen molar-refractivity contribution in [2.45, 2.75) is 33.6 Å². The van der Waals surface area contributed by atoms with E-state index < -0.39 is 5.63 Å². The lowest BCUT2D eigenvalue weighted by atomic mass is 10.0. The Balaban J connectivity index is 2.38. The van der Waals surface area contributed by atoms with Gasteiger partial charge in [0, 0.05) is 11.8 Å². The van der Waals surface area contributed by atoms with Crippen molar-refractivity contribution in [3.8, 4) is 0 Å².